The van der Waals surface area contributed by atoms with Crippen LogP contribution in [0.15, 0.2) is 53.6 Å². The lowest BCUT2D eigenvalue weighted by atomic mass is 9.97. The number of hydrogen-bond acceptors (Lipinski definition) is 7. The molecule has 0 saturated heterocycles. The minimum Gasteiger partial charge on any atom is -0.481 e. The first-order chi connectivity index (χ1) is 15.0. The average Bonchev–Trinajstić information content (AvgIpc) is 3.17. The third kappa shape index (κ3) is 5.66. The summed E-state index contributed by atoms with van der Waals surface area (Å²) >= 11 is 0. The van der Waals surface area contributed by atoms with Crippen LogP contribution in [0.2, 0.25) is 0 Å². The lowest BCUT2D eigenvalue weighted by Gasteiger charge is -2.21. The Kier molecular flexibility index (Phi) is 6.53. The molecule has 2 N–H and O–H groups in total. The number of hydrogen-bond donors (Lipinski definition) is 2. The fourth-order valence-corrected chi connectivity index (χ4v) is 3.86. The zero-order valence-electron chi connectivity index (χ0n) is 17.0. The van der Waals surface area contributed by atoms with Crippen molar-refractivity contribution in [3.8, 4) is 0 Å². The third-order valence-electron chi connectivity index (χ3n) is 4.71. The van der Waals surface area contributed by atoms with E-state index in [-0.39, 0.29) is 24.9 Å². The standard InChI is InChI=1S/C20H20N4O7S/c1-32(30,31)22-15-7-5-13(6-8-15)17-12-18(14-3-2-4-16(11-14)24(28)29)23(21-17)19(25)9-10-20(26)27/h2-8,11,18,22H,9-10,12H2,1H3,(H,26,27)/t18-/m0/s1. The fraction of sp³-hybridized carbons (Fsp3) is 0.250. The summed E-state index contributed by atoms with van der Waals surface area (Å²) in [5.41, 5.74) is 1.87. The van der Waals surface area contributed by atoms with E-state index in [0.717, 1.165) is 6.26 Å². The summed E-state index contributed by atoms with van der Waals surface area (Å²) in [6, 6.07) is 11.6. The number of aliphatic carboxylic acids is 1. The molecule has 11 nitrogen and oxygen atoms in total. The minimum atomic E-state index is -3.43. The molecule has 12 heteroatoms. The highest BCUT2D eigenvalue weighted by Crippen LogP contribution is 2.35. The summed E-state index contributed by atoms with van der Waals surface area (Å²) in [5, 5.41) is 25.6. The van der Waals surface area contributed by atoms with E-state index in [0.29, 0.717) is 22.5 Å². The summed E-state index contributed by atoms with van der Waals surface area (Å²) < 4.78 is 25.1. The molecule has 2 aromatic rings. The van der Waals surface area contributed by atoms with Gasteiger partial charge in [0.05, 0.1) is 29.4 Å². The molecule has 0 fully saturated rings. The van der Waals surface area contributed by atoms with Gasteiger partial charge in [-0.3, -0.25) is 24.4 Å². The number of nitrogens with zero attached hydrogens (tertiary/aromatic N) is 3. The first-order valence-corrected chi connectivity index (χ1v) is 11.4. The maximum atomic E-state index is 12.7. The van der Waals surface area contributed by atoms with Gasteiger partial charge in [0.2, 0.25) is 15.9 Å². The van der Waals surface area contributed by atoms with Gasteiger partial charge in [-0.25, -0.2) is 13.4 Å². The van der Waals surface area contributed by atoms with Gasteiger partial charge in [-0.15, -0.1) is 0 Å². The Bertz CT molecular complexity index is 1190. The van der Waals surface area contributed by atoms with Crippen molar-refractivity contribution in [1.29, 1.82) is 0 Å². The van der Waals surface area contributed by atoms with Crippen LogP contribution in [0.25, 0.3) is 0 Å². The van der Waals surface area contributed by atoms with Crippen LogP contribution in [0.1, 0.15) is 36.4 Å². The van der Waals surface area contributed by atoms with E-state index in [2.05, 4.69) is 9.82 Å². The number of rotatable bonds is 8. The molecule has 1 aliphatic rings. The van der Waals surface area contributed by atoms with E-state index in [9.17, 15) is 28.1 Å². The van der Waals surface area contributed by atoms with Gasteiger partial charge in [0.15, 0.2) is 0 Å². The van der Waals surface area contributed by atoms with E-state index < -0.39 is 32.9 Å². The number of benzene rings is 2. The highest BCUT2D eigenvalue weighted by molar-refractivity contribution is 7.92. The molecule has 0 bridgehead atoms. The molecule has 32 heavy (non-hydrogen) atoms. The lowest BCUT2D eigenvalue weighted by molar-refractivity contribution is -0.385. The van der Waals surface area contributed by atoms with Crippen molar-refractivity contribution >= 4 is 39.0 Å². The molecule has 1 heterocycles. The van der Waals surface area contributed by atoms with E-state index in [1.54, 1.807) is 30.3 Å². The molecular weight excluding hydrogens is 440 g/mol. The molecule has 0 aliphatic carbocycles. The van der Waals surface area contributed by atoms with E-state index >= 15 is 0 Å². The van der Waals surface area contributed by atoms with Crippen LogP contribution >= 0.6 is 0 Å². The molecule has 0 spiro atoms. The van der Waals surface area contributed by atoms with E-state index in [1.807, 2.05) is 0 Å². The van der Waals surface area contributed by atoms with Gasteiger partial charge in [-0.2, -0.15) is 5.10 Å². The Morgan fingerprint density at radius 2 is 1.91 bits per heavy atom. The summed E-state index contributed by atoms with van der Waals surface area (Å²) in [6.45, 7) is 0. The predicted octanol–water partition coefficient (Wildman–Crippen LogP) is 2.51. The zero-order chi connectivity index (χ0) is 23.5. The number of sulfonamides is 1. The molecular formula is C20H20N4O7S. The van der Waals surface area contributed by atoms with Crippen LogP contribution in [0.3, 0.4) is 0 Å². The van der Waals surface area contributed by atoms with Gasteiger partial charge in [0, 0.05) is 30.7 Å². The van der Waals surface area contributed by atoms with Gasteiger partial charge in [-0.1, -0.05) is 24.3 Å². The second kappa shape index (κ2) is 9.14. The number of nitrogens with one attached hydrogen (secondary N) is 1. The topological polar surface area (TPSA) is 159 Å². The number of non-ortho nitro benzene ring substituents is 1. The average molecular weight is 460 g/mol. The van der Waals surface area contributed by atoms with Crippen LogP contribution in [-0.4, -0.2) is 47.3 Å². The summed E-state index contributed by atoms with van der Waals surface area (Å²) in [7, 11) is -3.43. The van der Waals surface area contributed by atoms with Gasteiger partial charge in [0.25, 0.3) is 5.69 Å². The molecule has 168 valence electrons. The smallest absolute Gasteiger partial charge is 0.303 e. The van der Waals surface area contributed by atoms with Gasteiger partial charge in [0.1, 0.15) is 0 Å². The van der Waals surface area contributed by atoms with Gasteiger partial charge in [-0.05, 0) is 23.3 Å². The highest BCUT2D eigenvalue weighted by atomic mass is 32.2. The first-order valence-electron chi connectivity index (χ1n) is 9.47. The quantitative estimate of drug-likeness (QED) is 0.452. The number of carboxylic acid groups (broad SMARTS) is 1. The number of nitro benzene ring substituents is 1. The third-order valence-corrected chi connectivity index (χ3v) is 5.31. The maximum absolute atomic E-state index is 12.7. The van der Waals surface area contributed by atoms with Crippen molar-refractivity contribution in [2.75, 3.05) is 11.0 Å². The minimum absolute atomic E-state index is 0.134. The molecule has 1 aliphatic heterocycles. The van der Waals surface area contributed by atoms with Crippen LogP contribution in [0.4, 0.5) is 11.4 Å². The number of carbonyl (C=O) groups is 2. The van der Waals surface area contributed by atoms with E-state index in [4.69, 9.17) is 5.11 Å². The Hall–Kier alpha value is -3.80. The van der Waals surface area contributed by atoms with Gasteiger partial charge >= 0.3 is 5.97 Å². The molecule has 0 radical (unpaired) electrons. The van der Waals surface area contributed by atoms with E-state index in [1.165, 1.54) is 23.2 Å². The molecule has 0 aromatic heterocycles. The van der Waals surface area contributed by atoms with Crippen LogP contribution in [0.5, 0.6) is 0 Å². The monoisotopic (exact) mass is 460 g/mol. The number of anilines is 1. The Morgan fingerprint density at radius 3 is 2.50 bits per heavy atom. The van der Waals surface area contributed by atoms with Crippen molar-refractivity contribution < 1.29 is 28.0 Å². The zero-order valence-corrected chi connectivity index (χ0v) is 17.8. The van der Waals surface area contributed by atoms with Crippen LogP contribution in [-0.2, 0) is 19.6 Å². The number of carboxylic acids is 1. The molecule has 0 unspecified atom stereocenters. The molecule has 1 atom stereocenters. The second-order valence-electron chi connectivity index (χ2n) is 7.20. The van der Waals surface area contributed by atoms with Crippen LogP contribution < -0.4 is 4.72 Å². The molecule has 0 saturated carbocycles. The number of nitro groups is 1. The molecule has 3 rings (SSSR count). The summed E-state index contributed by atoms with van der Waals surface area (Å²) in [4.78, 5) is 34.2. The molecule has 1 amide bonds. The number of hydrazone groups is 1. The normalized spacial score (nSPS) is 15.8. The van der Waals surface area contributed by atoms with Crippen molar-refractivity contribution in [3.05, 3.63) is 69.8 Å². The first kappa shape index (κ1) is 22.9. The summed E-state index contributed by atoms with van der Waals surface area (Å²) in [6.07, 6.45) is 0.646. The lowest BCUT2D eigenvalue weighted by Crippen LogP contribution is -2.27. The van der Waals surface area contributed by atoms with Crippen molar-refractivity contribution in [2.24, 2.45) is 5.10 Å². The van der Waals surface area contributed by atoms with Gasteiger partial charge < -0.3 is 5.11 Å². The second-order valence-corrected chi connectivity index (χ2v) is 8.95. The highest BCUT2D eigenvalue weighted by Gasteiger charge is 2.33. The number of carbonyl (C=O) groups excluding carboxylic acids is 1. The van der Waals surface area contributed by atoms with Crippen molar-refractivity contribution in [3.63, 3.8) is 0 Å². The Morgan fingerprint density at radius 1 is 1.22 bits per heavy atom. The fourth-order valence-electron chi connectivity index (χ4n) is 3.29. The predicted molar refractivity (Wildman–Crippen MR) is 116 cm³/mol. The Balaban J connectivity index is 1.91. The Labute approximate surface area is 183 Å². The largest absolute Gasteiger partial charge is 0.481 e. The van der Waals surface area contributed by atoms with Crippen molar-refractivity contribution in [2.45, 2.75) is 25.3 Å². The van der Waals surface area contributed by atoms with Crippen molar-refractivity contribution in [1.82, 2.24) is 5.01 Å². The van der Waals surface area contributed by atoms with Crippen LogP contribution in [0, 0.1) is 10.1 Å². The molecule has 2 aromatic carbocycles. The maximum Gasteiger partial charge on any atom is 0.303 e. The SMILES string of the molecule is CS(=O)(=O)Nc1ccc(C2=NN(C(=O)CCC(=O)O)[C@H](c3cccc([N+](=O)[O-])c3)C2)cc1. The summed E-state index contributed by atoms with van der Waals surface area (Å²) in [5.74, 6) is -1.64. The number of amides is 1.